The Kier molecular flexibility index (Phi) is 3.12. The summed E-state index contributed by atoms with van der Waals surface area (Å²) in [6, 6.07) is 0. The third-order valence-electron chi connectivity index (χ3n) is 3.14. The van der Waals surface area contributed by atoms with Crippen molar-refractivity contribution in [3.05, 3.63) is 12.2 Å². The Bertz CT molecular complexity index is 297. The fourth-order valence-corrected chi connectivity index (χ4v) is 7.46. The summed E-state index contributed by atoms with van der Waals surface area (Å²) in [6.45, 7) is 6.13. The van der Waals surface area contributed by atoms with E-state index in [-0.39, 0.29) is 0 Å². The number of hydrogen-bond acceptors (Lipinski definition) is 4. The Morgan fingerprint density at radius 2 is 2.50 bits per heavy atom. The molecular weight excluding hydrogens is 233 g/mol. The highest BCUT2D eigenvalue weighted by atomic mass is 32.9. The van der Waals surface area contributed by atoms with Gasteiger partial charge >= 0.3 is 0 Å². The molecule has 0 spiro atoms. The second-order valence-corrected chi connectivity index (χ2v) is 9.45. The number of hydrogen-bond donors (Lipinski definition) is 1. The van der Waals surface area contributed by atoms with Gasteiger partial charge in [-0.3, -0.25) is 0 Å². The van der Waals surface area contributed by atoms with Crippen LogP contribution in [0.5, 0.6) is 0 Å². The van der Waals surface area contributed by atoms with Gasteiger partial charge in [-0.05, 0) is 32.1 Å². The third kappa shape index (κ3) is 1.96. The molecule has 4 atom stereocenters. The first-order valence-electron chi connectivity index (χ1n) is 4.85. The molecule has 0 amide bonds. The first-order valence-corrected chi connectivity index (χ1v) is 9.00. The molecule has 0 radical (unpaired) electrons. The molecule has 1 saturated carbocycles. The van der Waals surface area contributed by atoms with Crippen LogP contribution in [0.2, 0.25) is 0 Å². The second-order valence-electron chi connectivity index (χ2n) is 4.23. The molecule has 0 bridgehead atoms. The second kappa shape index (κ2) is 3.91. The molecule has 2 fully saturated rings. The molecule has 2 N–H and O–H groups in total. The molecule has 14 heavy (non-hydrogen) atoms. The Morgan fingerprint density at radius 3 is 3.14 bits per heavy atom. The van der Waals surface area contributed by atoms with E-state index in [2.05, 4.69) is 13.5 Å². The van der Waals surface area contributed by atoms with E-state index < -0.39 is 11.9 Å². The molecule has 1 heterocycles. The summed E-state index contributed by atoms with van der Waals surface area (Å²) >= 11 is 7.03. The molecule has 0 aromatic rings. The predicted molar refractivity (Wildman–Crippen MR) is 67.2 cm³/mol. The highest BCUT2D eigenvalue weighted by Crippen LogP contribution is 2.60. The number of rotatable bonds is 1. The average Bonchev–Trinajstić information content (AvgIpc) is 2.37. The fraction of sp³-hybridized carbons (Fsp3) is 0.778. The maximum absolute atomic E-state index is 6.20. The zero-order valence-electron chi connectivity index (χ0n) is 8.29. The fourth-order valence-electron chi connectivity index (χ4n) is 2.14. The lowest BCUT2D eigenvalue weighted by Crippen LogP contribution is -2.51. The van der Waals surface area contributed by atoms with Crippen molar-refractivity contribution >= 4 is 29.3 Å². The van der Waals surface area contributed by atoms with E-state index in [1.807, 2.05) is 0 Å². The monoisotopic (exact) mass is 249 g/mol. The van der Waals surface area contributed by atoms with Crippen molar-refractivity contribution in [2.45, 2.75) is 37.2 Å². The largest absolute Gasteiger partial charge is 0.322 e. The summed E-state index contributed by atoms with van der Waals surface area (Å²) in [7, 11) is 0. The van der Waals surface area contributed by atoms with E-state index in [0.717, 1.165) is 19.3 Å². The molecule has 0 aromatic carbocycles. The van der Waals surface area contributed by atoms with E-state index in [0.29, 0.717) is 11.2 Å². The summed E-state index contributed by atoms with van der Waals surface area (Å²) in [5.74, 6) is 0.621. The predicted octanol–water partition coefficient (Wildman–Crippen LogP) is 2.66. The van der Waals surface area contributed by atoms with Crippen molar-refractivity contribution < 1.29 is 4.52 Å². The van der Waals surface area contributed by atoms with E-state index >= 15 is 0 Å². The summed E-state index contributed by atoms with van der Waals surface area (Å²) in [5.41, 5.74) is 7.07. The van der Waals surface area contributed by atoms with Gasteiger partial charge in [-0.25, -0.2) is 0 Å². The van der Waals surface area contributed by atoms with E-state index in [1.54, 1.807) is 11.4 Å². The summed E-state index contributed by atoms with van der Waals surface area (Å²) in [4.78, 5) is 0. The molecule has 5 heteroatoms. The van der Waals surface area contributed by atoms with Crippen LogP contribution in [-0.4, -0.2) is 11.0 Å². The molecule has 2 nitrogen and oxygen atoms in total. The lowest BCUT2D eigenvalue weighted by Gasteiger charge is -2.37. The van der Waals surface area contributed by atoms with Crippen LogP contribution in [0.15, 0.2) is 12.2 Å². The van der Waals surface area contributed by atoms with Crippen molar-refractivity contribution in [1.29, 1.82) is 0 Å². The topological polar surface area (TPSA) is 35.2 Å². The minimum atomic E-state index is -1.10. The smallest absolute Gasteiger partial charge is 0.134 e. The van der Waals surface area contributed by atoms with Crippen LogP contribution >= 0.6 is 17.5 Å². The number of nitrogens with two attached hydrogens (primary N) is 1. The highest BCUT2D eigenvalue weighted by Gasteiger charge is 2.47. The van der Waals surface area contributed by atoms with Crippen molar-refractivity contribution in [2.75, 3.05) is 0 Å². The number of fused-ring (bicyclic) bond motifs is 1. The van der Waals surface area contributed by atoms with Crippen molar-refractivity contribution in [2.24, 2.45) is 11.7 Å². The van der Waals surface area contributed by atoms with Crippen LogP contribution in [0.3, 0.4) is 0 Å². The quantitative estimate of drug-likeness (QED) is 0.572. The molecule has 2 rings (SSSR count). The first kappa shape index (κ1) is 11.2. The highest BCUT2D eigenvalue weighted by molar-refractivity contribution is 8.63. The van der Waals surface area contributed by atoms with Crippen LogP contribution in [0.25, 0.3) is 0 Å². The molecule has 1 unspecified atom stereocenters. The van der Waals surface area contributed by atoms with Gasteiger partial charge in [0.05, 0.1) is 5.25 Å². The van der Waals surface area contributed by atoms with Crippen LogP contribution < -0.4 is 5.73 Å². The van der Waals surface area contributed by atoms with Gasteiger partial charge < -0.3 is 10.3 Å². The van der Waals surface area contributed by atoms with Crippen molar-refractivity contribution in [3.8, 4) is 0 Å². The molecule has 1 aliphatic carbocycles. The Balaban J connectivity index is 2.11. The summed E-state index contributed by atoms with van der Waals surface area (Å²) in [5, 5.41) is 0.407. The van der Waals surface area contributed by atoms with Crippen LogP contribution in [0.4, 0.5) is 0 Å². The molecule has 80 valence electrons. The lowest BCUT2D eigenvalue weighted by molar-refractivity contribution is 0.0580. The van der Waals surface area contributed by atoms with Gasteiger partial charge in [-0.15, -0.1) is 0 Å². The van der Waals surface area contributed by atoms with E-state index in [1.165, 1.54) is 5.57 Å². The zero-order valence-corrected chi connectivity index (χ0v) is 10.9. The zero-order chi connectivity index (χ0) is 10.3. The van der Waals surface area contributed by atoms with Crippen molar-refractivity contribution in [3.63, 3.8) is 0 Å². The minimum absolute atomic E-state index is 0.407. The van der Waals surface area contributed by atoms with Crippen LogP contribution in [0, 0.1) is 5.92 Å². The SMILES string of the molecule is C=C(C)[C@@H]1CC[C@]2(N)O[PH](=S)S[C@H]2C1. The van der Waals surface area contributed by atoms with Gasteiger partial charge in [0.25, 0.3) is 0 Å². The van der Waals surface area contributed by atoms with Crippen molar-refractivity contribution in [1.82, 2.24) is 0 Å². The van der Waals surface area contributed by atoms with Gasteiger partial charge in [0, 0.05) is 0 Å². The normalized spacial score (nSPS) is 47.4. The molecular formula is C9H16NOPS2. The third-order valence-corrected chi connectivity index (χ3v) is 7.55. The average molecular weight is 249 g/mol. The van der Waals surface area contributed by atoms with Crippen LogP contribution in [0.1, 0.15) is 26.2 Å². The molecule has 2 aliphatic rings. The Hall–Kier alpha value is 0.660. The van der Waals surface area contributed by atoms with Gasteiger partial charge in [0.15, 0.2) is 0 Å². The van der Waals surface area contributed by atoms with Crippen LogP contribution in [-0.2, 0) is 16.3 Å². The first-order chi connectivity index (χ1) is 6.51. The van der Waals surface area contributed by atoms with Gasteiger partial charge in [0.1, 0.15) is 11.9 Å². The Labute approximate surface area is 94.9 Å². The number of allylic oxidation sites excluding steroid dienone is 1. The van der Waals surface area contributed by atoms with Gasteiger partial charge in [-0.1, -0.05) is 35.3 Å². The Morgan fingerprint density at radius 1 is 1.79 bits per heavy atom. The molecule has 1 aliphatic heterocycles. The molecule has 0 aromatic heterocycles. The maximum Gasteiger partial charge on any atom is 0.134 e. The summed E-state index contributed by atoms with van der Waals surface area (Å²) in [6.07, 6.45) is 2.04. The van der Waals surface area contributed by atoms with E-state index in [9.17, 15) is 0 Å². The van der Waals surface area contributed by atoms with Gasteiger partial charge in [-0.2, -0.15) is 0 Å². The summed E-state index contributed by atoms with van der Waals surface area (Å²) < 4.78 is 5.71. The standard InChI is InChI=1S/C9H16NOPS2/c1-6(2)7-3-4-9(10)8(5-7)14-12(13)11-9/h7-8,12H,1,3-5,10H2,2H3/t7-,8+,9+/m1/s1. The van der Waals surface area contributed by atoms with E-state index in [4.69, 9.17) is 22.1 Å². The van der Waals surface area contributed by atoms with Gasteiger partial charge in [0.2, 0.25) is 0 Å². The maximum atomic E-state index is 6.20. The lowest BCUT2D eigenvalue weighted by atomic mass is 9.80. The minimum Gasteiger partial charge on any atom is -0.322 e. The molecule has 1 saturated heterocycles.